The van der Waals surface area contributed by atoms with E-state index in [1.54, 1.807) is 35.5 Å². The summed E-state index contributed by atoms with van der Waals surface area (Å²) in [5.41, 5.74) is 2.12. The average molecular weight is 430 g/mol. The van der Waals surface area contributed by atoms with Gasteiger partial charge in [0.2, 0.25) is 18.3 Å². The number of hydrogen-bond donors (Lipinski definition) is 0. The zero-order valence-electron chi connectivity index (χ0n) is 19.1. The molecule has 0 radical (unpaired) electrons. The number of methoxy groups -OCH3 is 5. The van der Waals surface area contributed by atoms with Crippen LogP contribution in [0.25, 0.3) is 0 Å². The monoisotopic (exact) mass is 430 g/mol. The van der Waals surface area contributed by atoms with Crippen LogP contribution in [0.15, 0.2) is 18.2 Å². The molecule has 31 heavy (non-hydrogen) atoms. The molecular weight excluding hydrogens is 400 g/mol. The predicted molar refractivity (Wildman–Crippen MR) is 116 cm³/mol. The lowest BCUT2D eigenvalue weighted by Crippen LogP contribution is -2.40. The van der Waals surface area contributed by atoms with Crippen molar-refractivity contribution in [2.45, 2.75) is 25.7 Å². The molecule has 4 rings (SSSR count). The lowest BCUT2D eigenvalue weighted by Gasteiger charge is -2.50. The zero-order chi connectivity index (χ0) is 22.3. The topological polar surface area (TPSA) is 64.6 Å². The SMILES string of the molecule is COc1cc(OC)c([C@@H]2[C@H](C)[C@H](C)[C@@H]2c2cc(OC)c3c(c2OC)OCO3)cc1OC. The summed E-state index contributed by atoms with van der Waals surface area (Å²) in [7, 11) is 8.24. The molecule has 7 nitrogen and oxygen atoms in total. The van der Waals surface area contributed by atoms with Gasteiger partial charge in [-0.2, -0.15) is 0 Å². The fraction of sp³-hybridized carbons (Fsp3) is 0.500. The van der Waals surface area contributed by atoms with E-state index in [9.17, 15) is 0 Å². The molecule has 0 saturated heterocycles. The second-order valence-electron chi connectivity index (χ2n) is 7.99. The summed E-state index contributed by atoms with van der Waals surface area (Å²) < 4.78 is 39.6. The van der Waals surface area contributed by atoms with E-state index in [-0.39, 0.29) is 18.6 Å². The van der Waals surface area contributed by atoms with E-state index < -0.39 is 0 Å². The van der Waals surface area contributed by atoms with Crippen molar-refractivity contribution in [2.24, 2.45) is 11.8 Å². The smallest absolute Gasteiger partial charge is 0.231 e. The normalized spacial score (nSPS) is 23.7. The predicted octanol–water partition coefficient (Wildman–Crippen LogP) is 4.61. The lowest BCUT2D eigenvalue weighted by atomic mass is 9.53. The Labute approximate surface area is 183 Å². The Balaban J connectivity index is 1.86. The molecular formula is C24H30O7. The van der Waals surface area contributed by atoms with Crippen molar-refractivity contribution in [3.8, 4) is 40.2 Å². The highest BCUT2D eigenvalue weighted by atomic mass is 16.7. The van der Waals surface area contributed by atoms with Crippen LogP contribution in [0, 0.1) is 11.8 Å². The molecule has 1 saturated carbocycles. The van der Waals surface area contributed by atoms with Gasteiger partial charge in [-0.3, -0.25) is 0 Å². The fourth-order valence-electron chi connectivity index (χ4n) is 5.07. The van der Waals surface area contributed by atoms with E-state index in [1.807, 2.05) is 18.2 Å². The van der Waals surface area contributed by atoms with Crippen molar-refractivity contribution in [2.75, 3.05) is 42.3 Å². The molecule has 2 aliphatic rings. The average Bonchev–Trinajstić information content (AvgIpc) is 3.29. The van der Waals surface area contributed by atoms with Crippen molar-refractivity contribution < 1.29 is 33.2 Å². The molecule has 0 amide bonds. The number of benzene rings is 2. The Bertz CT molecular complexity index is 971. The van der Waals surface area contributed by atoms with Crippen LogP contribution in [-0.4, -0.2) is 42.3 Å². The molecule has 0 unspecified atom stereocenters. The number of ether oxygens (including phenoxy) is 7. The highest BCUT2D eigenvalue weighted by Crippen LogP contribution is 2.63. The Hall–Kier alpha value is -2.96. The minimum Gasteiger partial charge on any atom is -0.496 e. The Kier molecular flexibility index (Phi) is 5.69. The molecule has 0 spiro atoms. The number of hydrogen-bond acceptors (Lipinski definition) is 7. The third-order valence-corrected chi connectivity index (χ3v) is 6.82. The maximum absolute atomic E-state index is 5.81. The van der Waals surface area contributed by atoms with Gasteiger partial charge < -0.3 is 33.2 Å². The van der Waals surface area contributed by atoms with Gasteiger partial charge in [0.25, 0.3) is 0 Å². The zero-order valence-corrected chi connectivity index (χ0v) is 19.1. The molecule has 1 aliphatic heterocycles. The second-order valence-corrected chi connectivity index (χ2v) is 7.99. The van der Waals surface area contributed by atoms with E-state index in [1.165, 1.54) is 0 Å². The van der Waals surface area contributed by atoms with Gasteiger partial charge in [-0.15, -0.1) is 0 Å². The highest BCUT2D eigenvalue weighted by Gasteiger charge is 2.50. The molecule has 168 valence electrons. The van der Waals surface area contributed by atoms with E-state index in [2.05, 4.69) is 13.8 Å². The van der Waals surface area contributed by atoms with Gasteiger partial charge in [0.15, 0.2) is 23.0 Å². The van der Waals surface area contributed by atoms with Crippen LogP contribution in [0.3, 0.4) is 0 Å². The van der Waals surface area contributed by atoms with E-state index in [0.717, 1.165) is 16.9 Å². The summed E-state index contributed by atoms with van der Waals surface area (Å²) in [4.78, 5) is 0. The number of rotatable bonds is 7. The van der Waals surface area contributed by atoms with Gasteiger partial charge in [0.1, 0.15) is 5.75 Å². The van der Waals surface area contributed by atoms with Crippen molar-refractivity contribution in [3.63, 3.8) is 0 Å². The molecule has 7 heteroatoms. The lowest BCUT2D eigenvalue weighted by molar-refractivity contribution is 0.117. The fourth-order valence-corrected chi connectivity index (χ4v) is 5.07. The number of fused-ring (bicyclic) bond motifs is 1. The van der Waals surface area contributed by atoms with E-state index in [4.69, 9.17) is 33.2 Å². The van der Waals surface area contributed by atoms with Crippen LogP contribution in [0.2, 0.25) is 0 Å². The summed E-state index contributed by atoms with van der Waals surface area (Å²) >= 11 is 0. The third-order valence-electron chi connectivity index (χ3n) is 6.82. The van der Waals surface area contributed by atoms with Gasteiger partial charge in [-0.25, -0.2) is 0 Å². The Morgan fingerprint density at radius 2 is 1.13 bits per heavy atom. The molecule has 0 N–H and O–H groups in total. The van der Waals surface area contributed by atoms with Crippen molar-refractivity contribution >= 4 is 0 Å². The van der Waals surface area contributed by atoms with Crippen molar-refractivity contribution in [1.29, 1.82) is 0 Å². The van der Waals surface area contributed by atoms with Crippen LogP contribution in [0.5, 0.6) is 40.2 Å². The molecule has 2 aromatic rings. The van der Waals surface area contributed by atoms with E-state index >= 15 is 0 Å². The summed E-state index contributed by atoms with van der Waals surface area (Å²) in [5, 5.41) is 0. The van der Waals surface area contributed by atoms with Crippen molar-refractivity contribution in [3.05, 3.63) is 29.3 Å². The first-order valence-corrected chi connectivity index (χ1v) is 10.3. The maximum Gasteiger partial charge on any atom is 0.231 e. The molecule has 1 heterocycles. The molecule has 0 aromatic heterocycles. The first-order chi connectivity index (χ1) is 15.0. The van der Waals surface area contributed by atoms with Crippen LogP contribution in [0.4, 0.5) is 0 Å². The standard InChI is InChI=1S/C24H30O7/c1-12-13(2)21(15-9-19(28-6)23-24(22(15)29-7)31-11-30-23)20(12)14-8-17(26-4)18(27-5)10-16(14)25-3/h8-10,12-13,20-21H,11H2,1-7H3/t12-,13+,20+,21-/m1/s1. The second kappa shape index (κ2) is 8.29. The summed E-state index contributed by atoms with van der Waals surface area (Å²) in [6.07, 6.45) is 0. The molecule has 2 aromatic carbocycles. The molecule has 1 fully saturated rings. The summed E-state index contributed by atoms with van der Waals surface area (Å²) in [6, 6.07) is 5.92. The van der Waals surface area contributed by atoms with E-state index in [0.29, 0.717) is 46.3 Å². The minimum atomic E-state index is 0.148. The van der Waals surface area contributed by atoms with Crippen LogP contribution in [-0.2, 0) is 0 Å². The molecule has 1 aliphatic carbocycles. The highest BCUT2D eigenvalue weighted by molar-refractivity contribution is 5.66. The van der Waals surface area contributed by atoms with Gasteiger partial charge in [0, 0.05) is 17.2 Å². The largest absolute Gasteiger partial charge is 0.496 e. The van der Waals surface area contributed by atoms with Crippen LogP contribution >= 0.6 is 0 Å². The van der Waals surface area contributed by atoms with Gasteiger partial charge >= 0.3 is 0 Å². The van der Waals surface area contributed by atoms with Crippen molar-refractivity contribution in [1.82, 2.24) is 0 Å². The third kappa shape index (κ3) is 3.18. The Morgan fingerprint density at radius 3 is 1.71 bits per heavy atom. The molecule has 0 bridgehead atoms. The van der Waals surface area contributed by atoms with Gasteiger partial charge in [-0.05, 0) is 35.8 Å². The van der Waals surface area contributed by atoms with Gasteiger partial charge in [0.05, 0.1) is 35.5 Å². The molecule has 4 atom stereocenters. The van der Waals surface area contributed by atoms with Gasteiger partial charge in [-0.1, -0.05) is 13.8 Å². The first-order valence-electron chi connectivity index (χ1n) is 10.3. The summed E-state index contributed by atoms with van der Waals surface area (Å²) in [5.74, 6) is 5.79. The van der Waals surface area contributed by atoms with Crippen LogP contribution < -0.4 is 33.2 Å². The quantitative estimate of drug-likeness (QED) is 0.635. The minimum absolute atomic E-state index is 0.148. The summed E-state index contributed by atoms with van der Waals surface area (Å²) in [6.45, 7) is 4.67. The Morgan fingerprint density at radius 1 is 0.613 bits per heavy atom. The first kappa shape index (κ1) is 21.3. The maximum atomic E-state index is 5.81. The van der Waals surface area contributed by atoms with Crippen LogP contribution in [0.1, 0.15) is 36.8 Å².